The van der Waals surface area contributed by atoms with Crippen molar-refractivity contribution in [1.82, 2.24) is 15.0 Å². The highest BCUT2D eigenvalue weighted by molar-refractivity contribution is 5.79. The zero-order chi connectivity index (χ0) is 10.1. The third-order valence-corrected chi connectivity index (χ3v) is 2.29. The number of hydrogen-bond acceptors (Lipinski definition) is 2. The number of hydrogen-bond donors (Lipinski definition) is 1. The third-order valence-electron chi connectivity index (χ3n) is 2.29. The molecular weight excluding hydrogens is 186 g/mol. The van der Waals surface area contributed by atoms with Crippen LogP contribution in [0.5, 0.6) is 0 Å². The molecule has 0 amide bonds. The Balaban J connectivity index is 2.21. The van der Waals surface area contributed by atoms with Crippen molar-refractivity contribution in [2.75, 3.05) is 0 Å². The largest absolute Gasteiger partial charge is 0.338 e. The smallest absolute Gasteiger partial charge is 0.156 e. The molecule has 0 bridgehead atoms. The molecule has 71 valence electrons. The predicted molar refractivity (Wildman–Crippen MR) is 58.2 cm³/mol. The lowest BCUT2D eigenvalue weighted by molar-refractivity contribution is 1.26. The maximum Gasteiger partial charge on any atom is 0.156 e. The van der Waals surface area contributed by atoms with E-state index in [1.807, 2.05) is 30.3 Å². The van der Waals surface area contributed by atoms with Gasteiger partial charge in [-0.05, 0) is 17.7 Å². The molecule has 3 rings (SSSR count). The number of aromatic nitrogens is 3. The van der Waals surface area contributed by atoms with Gasteiger partial charge in [0.25, 0.3) is 0 Å². The minimum absolute atomic E-state index is 0.820. The Hall–Kier alpha value is -2.16. The molecule has 1 N–H and O–H groups in total. The van der Waals surface area contributed by atoms with E-state index in [0.29, 0.717) is 0 Å². The van der Waals surface area contributed by atoms with E-state index in [-0.39, 0.29) is 0 Å². The number of H-pyrrole nitrogens is 1. The van der Waals surface area contributed by atoms with Crippen molar-refractivity contribution >= 4 is 11.2 Å². The van der Waals surface area contributed by atoms with Crippen LogP contribution in [-0.4, -0.2) is 15.0 Å². The summed E-state index contributed by atoms with van der Waals surface area (Å²) in [5, 5.41) is 0. The zero-order valence-corrected chi connectivity index (χ0v) is 7.94. The molecule has 3 aromatic rings. The second kappa shape index (κ2) is 3.20. The van der Waals surface area contributed by atoms with E-state index in [4.69, 9.17) is 0 Å². The summed E-state index contributed by atoms with van der Waals surface area (Å²) in [4.78, 5) is 11.7. The molecule has 0 aliphatic carbocycles. The summed E-state index contributed by atoms with van der Waals surface area (Å²) >= 11 is 0. The first-order chi connectivity index (χ1) is 7.43. The number of aromatic amines is 1. The van der Waals surface area contributed by atoms with Gasteiger partial charge in [0.2, 0.25) is 0 Å². The number of rotatable bonds is 1. The van der Waals surface area contributed by atoms with Gasteiger partial charge in [0.15, 0.2) is 5.65 Å². The van der Waals surface area contributed by atoms with Crippen LogP contribution in [0.25, 0.3) is 22.4 Å². The van der Waals surface area contributed by atoms with Crippen molar-refractivity contribution in [1.29, 1.82) is 0 Å². The van der Waals surface area contributed by atoms with Gasteiger partial charge in [0.05, 0.1) is 0 Å². The van der Waals surface area contributed by atoms with Crippen molar-refractivity contribution in [3.63, 3.8) is 0 Å². The lowest BCUT2D eigenvalue weighted by Crippen LogP contribution is -1.77. The monoisotopic (exact) mass is 194 g/mol. The summed E-state index contributed by atoms with van der Waals surface area (Å²) in [6.07, 6.45) is 3.38. The van der Waals surface area contributed by atoms with Gasteiger partial charge >= 0.3 is 0 Å². The molecular formula is C12H8N3. The highest BCUT2D eigenvalue weighted by atomic mass is 14.9. The maximum absolute atomic E-state index is 4.23. The van der Waals surface area contributed by atoms with Crippen LogP contribution in [0.4, 0.5) is 0 Å². The molecule has 1 aromatic carbocycles. The lowest BCUT2D eigenvalue weighted by Gasteiger charge is -1.94. The molecule has 3 nitrogen and oxygen atoms in total. The van der Waals surface area contributed by atoms with Crippen LogP contribution < -0.4 is 0 Å². The Kier molecular flexibility index (Phi) is 1.75. The first-order valence-corrected chi connectivity index (χ1v) is 4.70. The Morgan fingerprint density at radius 3 is 2.67 bits per heavy atom. The summed E-state index contributed by atoms with van der Waals surface area (Å²) in [7, 11) is 0. The van der Waals surface area contributed by atoms with E-state index in [1.165, 1.54) is 0 Å². The summed E-state index contributed by atoms with van der Waals surface area (Å²) in [6, 6.07) is 12.8. The summed E-state index contributed by atoms with van der Waals surface area (Å²) in [5.74, 6) is 0. The van der Waals surface area contributed by atoms with Gasteiger partial charge in [-0.15, -0.1) is 0 Å². The molecule has 15 heavy (non-hydrogen) atoms. The molecule has 2 heterocycles. The number of fused-ring (bicyclic) bond motifs is 1. The van der Waals surface area contributed by atoms with Crippen molar-refractivity contribution in [3.8, 4) is 11.3 Å². The van der Waals surface area contributed by atoms with Gasteiger partial charge in [-0.25, -0.2) is 4.98 Å². The molecule has 0 aliphatic heterocycles. The summed E-state index contributed by atoms with van der Waals surface area (Å²) in [5.41, 5.74) is 3.86. The van der Waals surface area contributed by atoms with Crippen LogP contribution in [0.1, 0.15) is 0 Å². The van der Waals surface area contributed by atoms with E-state index < -0.39 is 0 Å². The van der Waals surface area contributed by atoms with Crippen molar-refractivity contribution < 1.29 is 0 Å². The Labute approximate surface area is 86.8 Å². The molecule has 0 spiro atoms. The number of nitrogens with one attached hydrogen (secondary N) is 1. The van der Waals surface area contributed by atoms with Gasteiger partial charge in [-0.1, -0.05) is 24.3 Å². The lowest BCUT2D eigenvalue weighted by atomic mass is 10.2. The van der Waals surface area contributed by atoms with Crippen LogP contribution >= 0.6 is 0 Å². The van der Waals surface area contributed by atoms with Crippen LogP contribution in [-0.2, 0) is 0 Å². The van der Waals surface area contributed by atoms with E-state index in [2.05, 4.69) is 21.0 Å². The normalized spacial score (nSPS) is 10.7. The first kappa shape index (κ1) is 8.17. The van der Waals surface area contributed by atoms with Gasteiger partial charge in [0.1, 0.15) is 5.52 Å². The van der Waals surface area contributed by atoms with E-state index in [9.17, 15) is 0 Å². The molecule has 3 heteroatoms. The van der Waals surface area contributed by atoms with E-state index in [1.54, 1.807) is 12.4 Å². The highest BCUT2D eigenvalue weighted by Crippen LogP contribution is 2.20. The van der Waals surface area contributed by atoms with Crippen molar-refractivity contribution in [3.05, 3.63) is 48.8 Å². The summed E-state index contributed by atoms with van der Waals surface area (Å²) < 4.78 is 0. The fourth-order valence-corrected chi connectivity index (χ4v) is 1.57. The average Bonchev–Trinajstić information content (AvgIpc) is 2.74. The highest BCUT2D eigenvalue weighted by Gasteiger charge is 2.03. The van der Waals surface area contributed by atoms with Gasteiger partial charge in [0, 0.05) is 18.1 Å². The fraction of sp³-hybridized carbons (Fsp3) is 0. The standard InChI is InChI=1S/C12H8N3/c1-2-4-9(5-3-1)10-8-11-12(15-10)14-7-6-13-11/h2-8H,(H,14,15). The van der Waals surface area contributed by atoms with Crippen LogP contribution in [0.15, 0.2) is 42.7 Å². The minimum Gasteiger partial charge on any atom is -0.338 e. The quantitative estimate of drug-likeness (QED) is 0.646. The fourth-order valence-electron chi connectivity index (χ4n) is 1.57. The molecule has 0 aliphatic rings. The molecule has 2 aromatic heterocycles. The molecule has 0 unspecified atom stereocenters. The van der Waals surface area contributed by atoms with Crippen LogP contribution in [0.2, 0.25) is 0 Å². The first-order valence-electron chi connectivity index (χ1n) is 4.70. The molecule has 0 fully saturated rings. The molecule has 0 saturated heterocycles. The Morgan fingerprint density at radius 1 is 1.07 bits per heavy atom. The number of benzene rings is 1. The van der Waals surface area contributed by atoms with Crippen molar-refractivity contribution in [2.24, 2.45) is 0 Å². The Morgan fingerprint density at radius 2 is 1.87 bits per heavy atom. The average molecular weight is 194 g/mol. The van der Waals surface area contributed by atoms with E-state index in [0.717, 1.165) is 22.4 Å². The molecule has 0 atom stereocenters. The van der Waals surface area contributed by atoms with Crippen molar-refractivity contribution in [2.45, 2.75) is 0 Å². The second-order valence-corrected chi connectivity index (χ2v) is 3.26. The Bertz CT molecular complexity index is 551. The summed E-state index contributed by atoms with van der Waals surface area (Å²) in [6.45, 7) is 0. The van der Waals surface area contributed by atoms with Gasteiger partial charge in [-0.2, -0.15) is 0 Å². The van der Waals surface area contributed by atoms with Crippen LogP contribution in [0, 0.1) is 6.07 Å². The van der Waals surface area contributed by atoms with Crippen LogP contribution in [0.3, 0.4) is 0 Å². The zero-order valence-electron chi connectivity index (χ0n) is 7.94. The van der Waals surface area contributed by atoms with Gasteiger partial charge < -0.3 is 4.98 Å². The second-order valence-electron chi connectivity index (χ2n) is 3.26. The number of nitrogens with zero attached hydrogens (tertiary/aromatic N) is 2. The molecule has 0 saturated carbocycles. The predicted octanol–water partition coefficient (Wildman–Crippen LogP) is 2.43. The SMILES string of the molecule is [c]1ccc(-c2cc3nccnc3[nH]2)cc1. The van der Waals surface area contributed by atoms with Gasteiger partial charge in [-0.3, -0.25) is 4.98 Å². The maximum atomic E-state index is 4.23. The minimum atomic E-state index is 0.820. The topological polar surface area (TPSA) is 41.6 Å². The third kappa shape index (κ3) is 1.38. The van der Waals surface area contributed by atoms with E-state index >= 15 is 0 Å². The molecule has 1 radical (unpaired) electrons.